The molecule has 2 aliphatic carbocycles. The highest BCUT2D eigenvalue weighted by molar-refractivity contribution is 5.78. The summed E-state index contributed by atoms with van der Waals surface area (Å²) >= 11 is 0. The van der Waals surface area contributed by atoms with Gasteiger partial charge in [0.15, 0.2) is 0 Å². The molecule has 2 unspecified atom stereocenters. The second kappa shape index (κ2) is 6.90. The van der Waals surface area contributed by atoms with Gasteiger partial charge in [0, 0.05) is 31.2 Å². The molecule has 0 aromatic rings. The third-order valence-corrected chi connectivity index (χ3v) is 5.30. The molecule has 0 bridgehead atoms. The van der Waals surface area contributed by atoms with Crippen LogP contribution in [-0.4, -0.2) is 49.2 Å². The molecule has 4 heteroatoms. The fourth-order valence-corrected chi connectivity index (χ4v) is 4.07. The van der Waals surface area contributed by atoms with Crippen molar-refractivity contribution in [3.05, 3.63) is 0 Å². The Morgan fingerprint density at radius 2 is 1.90 bits per heavy atom. The monoisotopic (exact) mass is 282 g/mol. The Bertz CT molecular complexity index is 322. The van der Waals surface area contributed by atoms with Gasteiger partial charge in [-0.2, -0.15) is 0 Å². The third-order valence-electron chi connectivity index (χ3n) is 5.30. The maximum absolute atomic E-state index is 12.1. The maximum Gasteiger partial charge on any atom is 0.236 e. The topological polar surface area (TPSA) is 41.6 Å². The standard InChI is InChI=1S/C16H30N2O2/c1-4-18(5-2)15(19)12-17-13-11-14(20-6-3)16(13)9-7-8-10-16/h13-14,17H,4-12H2,1-3H3. The van der Waals surface area contributed by atoms with Crippen molar-refractivity contribution in [2.45, 2.75) is 65.0 Å². The molecule has 2 rings (SSSR count). The Balaban J connectivity index is 1.86. The normalized spacial score (nSPS) is 27.6. The molecule has 2 fully saturated rings. The highest BCUT2D eigenvalue weighted by Gasteiger charge is 2.56. The van der Waals surface area contributed by atoms with Crippen LogP contribution in [0.1, 0.15) is 52.9 Å². The number of likely N-dealkylation sites (N-methyl/N-ethyl adjacent to an activating group) is 1. The summed E-state index contributed by atoms with van der Waals surface area (Å²) in [7, 11) is 0. The molecule has 1 spiro atoms. The average Bonchev–Trinajstić information content (AvgIpc) is 2.95. The van der Waals surface area contributed by atoms with Gasteiger partial charge in [-0.1, -0.05) is 12.8 Å². The third kappa shape index (κ3) is 2.86. The number of rotatable bonds is 7. The lowest BCUT2D eigenvalue weighted by Gasteiger charge is -2.54. The highest BCUT2D eigenvalue weighted by Crippen LogP contribution is 2.54. The van der Waals surface area contributed by atoms with Crippen molar-refractivity contribution < 1.29 is 9.53 Å². The van der Waals surface area contributed by atoms with Gasteiger partial charge >= 0.3 is 0 Å². The number of carbonyl (C=O) groups excluding carboxylic acids is 1. The summed E-state index contributed by atoms with van der Waals surface area (Å²) in [5.41, 5.74) is 0.319. The van der Waals surface area contributed by atoms with E-state index in [0.717, 1.165) is 26.1 Å². The quantitative estimate of drug-likeness (QED) is 0.778. The molecular weight excluding hydrogens is 252 g/mol. The molecule has 0 radical (unpaired) electrons. The van der Waals surface area contributed by atoms with Crippen LogP contribution in [0.15, 0.2) is 0 Å². The largest absolute Gasteiger partial charge is 0.378 e. The zero-order chi connectivity index (χ0) is 14.6. The summed E-state index contributed by atoms with van der Waals surface area (Å²) in [4.78, 5) is 14.0. The van der Waals surface area contributed by atoms with E-state index >= 15 is 0 Å². The molecule has 0 aromatic carbocycles. The molecule has 1 N–H and O–H groups in total. The first-order valence-electron chi connectivity index (χ1n) is 8.30. The van der Waals surface area contributed by atoms with Crippen LogP contribution in [-0.2, 0) is 9.53 Å². The molecule has 0 aliphatic heterocycles. The fraction of sp³-hybridized carbons (Fsp3) is 0.938. The highest BCUT2D eigenvalue weighted by atomic mass is 16.5. The molecule has 1 amide bonds. The molecule has 0 aromatic heterocycles. The van der Waals surface area contributed by atoms with E-state index in [4.69, 9.17) is 4.74 Å². The van der Waals surface area contributed by atoms with Crippen molar-refractivity contribution in [3.8, 4) is 0 Å². The first-order valence-corrected chi connectivity index (χ1v) is 8.30. The lowest BCUT2D eigenvalue weighted by Crippen LogP contribution is -2.63. The van der Waals surface area contributed by atoms with E-state index in [1.165, 1.54) is 25.7 Å². The van der Waals surface area contributed by atoms with Gasteiger partial charge in [-0.3, -0.25) is 4.79 Å². The SMILES string of the molecule is CCOC1CC(NCC(=O)N(CC)CC)C12CCCC2. The first kappa shape index (κ1) is 15.8. The smallest absolute Gasteiger partial charge is 0.236 e. The number of ether oxygens (including phenoxy) is 1. The number of nitrogens with one attached hydrogen (secondary N) is 1. The summed E-state index contributed by atoms with van der Waals surface area (Å²) in [6.45, 7) is 9.03. The summed E-state index contributed by atoms with van der Waals surface area (Å²) in [5.74, 6) is 0.225. The number of hydrogen-bond donors (Lipinski definition) is 1. The van der Waals surface area contributed by atoms with Crippen molar-refractivity contribution in [1.29, 1.82) is 0 Å². The van der Waals surface area contributed by atoms with E-state index in [-0.39, 0.29) is 5.91 Å². The second-order valence-electron chi connectivity index (χ2n) is 6.12. The van der Waals surface area contributed by atoms with Crippen LogP contribution >= 0.6 is 0 Å². The lowest BCUT2D eigenvalue weighted by atomic mass is 9.60. The minimum atomic E-state index is 0.225. The molecule has 20 heavy (non-hydrogen) atoms. The van der Waals surface area contributed by atoms with Gasteiger partial charge in [-0.15, -0.1) is 0 Å². The summed E-state index contributed by atoms with van der Waals surface area (Å²) in [6, 6.07) is 0.473. The lowest BCUT2D eigenvalue weighted by molar-refractivity contribution is -0.139. The second-order valence-corrected chi connectivity index (χ2v) is 6.12. The Hall–Kier alpha value is -0.610. The van der Waals surface area contributed by atoms with E-state index in [0.29, 0.717) is 24.1 Å². The summed E-state index contributed by atoms with van der Waals surface area (Å²) in [5, 5.41) is 3.52. The molecule has 2 atom stereocenters. The van der Waals surface area contributed by atoms with E-state index in [1.807, 2.05) is 18.7 Å². The molecule has 116 valence electrons. The zero-order valence-corrected chi connectivity index (χ0v) is 13.3. The maximum atomic E-state index is 12.1. The molecule has 2 saturated carbocycles. The van der Waals surface area contributed by atoms with Gasteiger partial charge in [-0.25, -0.2) is 0 Å². The first-order chi connectivity index (χ1) is 9.67. The molecular formula is C16H30N2O2. The van der Waals surface area contributed by atoms with Crippen molar-refractivity contribution in [2.24, 2.45) is 5.41 Å². The van der Waals surface area contributed by atoms with Crippen LogP contribution in [0.25, 0.3) is 0 Å². The van der Waals surface area contributed by atoms with Crippen LogP contribution in [0, 0.1) is 5.41 Å². The fourth-order valence-electron chi connectivity index (χ4n) is 4.07. The van der Waals surface area contributed by atoms with E-state index in [2.05, 4.69) is 12.2 Å². The number of carbonyl (C=O) groups is 1. The molecule has 2 aliphatic rings. The van der Waals surface area contributed by atoms with Crippen molar-refractivity contribution >= 4 is 5.91 Å². The van der Waals surface area contributed by atoms with Crippen molar-refractivity contribution in [2.75, 3.05) is 26.2 Å². The van der Waals surface area contributed by atoms with Gasteiger partial charge < -0.3 is 15.0 Å². The molecule has 0 saturated heterocycles. The van der Waals surface area contributed by atoms with Crippen LogP contribution in [0.3, 0.4) is 0 Å². The van der Waals surface area contributed by atoms with Crippen molar-refractivity contribution in [1.82, 2.24) is 10.2 Å². The van der Waals surface area contributed by atoms with Gasteiger partial charge in [0.2, 0.25) is 5.91 Å². The summed E-state index contributed by atoms with van der Waals surface area (Å²) in [6.07, 6.45) is 6.62. The summed E-state index contributed by atoms with van der Waals surface area (Å²) < 4.78 is 5.91. The van der Waals surface area contributed by atoms with Crippen LogP contribution in [0.5, 0.6) is 0 Å². The Kier molecular flexibility index (Phi) is 5.44. The minimum absolute atomic E-state index is 0.225. The molecule has 4 nitrogen and oxygen atoms in total. The number of nitrogens with zero attached hydrogens (tertiary/aromatic N) is 1. The Morgan fingerprint density at radius 1 is 1.25 bits per heavy atom. The van der Waals surface area contributed by atoms with E-state index < -0.39 is 0 Å². The number of amides is 1. The van der Waals surface area contributed by atoms with Gasteiger partial charge in [0.25, 0.3) is 0 Å². The Labute approximate surface area is 123 Å². The minimum Gasteiger partial charge on any atom is -0.378 e. The van der Waals surface area contributed by atoms with Gasteiger partial charge in [-0.05, 0) is 40.0 Å². The van der Waals surface area contributed by atoms with Crippen LogP contribution in [0.4, 0.5) is 0 Å². The predicted octanol–water partition coefficient (Wildman–Crippen LogP) is 2.18. The zero-order valence-electron chi connectivity index (χ0n) is 13.3. The molecule has 0 heterocycles. The van der Waals surface area contributed by atoms with Crippen LogP contribution < -0.4 is 5.32 Å². The van der Waals surface area contributed by atoms with E-state index in [1.54, 1.807) is 0 Å². The Morgan fingerprint density at radius 3 is 2.45 bits per heavy atom. The average molecular weight is 282 g/mol. The van der Waals surface area contributed by atoms with Crippen LogP contribution in [0.2, 0.25) is 0 Å². The predicted molar refractivity (Wildman–Crippen MR) is 80.7 cm³/mol. The number of hydrogen-bond acceptors (Lipinski definition) is 3. The van der Waals surface area contributed by atoms with Gasteiger partial charge in [0.1, 0.15) is 0 Å². The van der Waals surface area contributed by atoms with Crippen molar-refractivity contribution in [3.63, 3.8) is 0 Å². The van der Waals surface area contributed by atoms with E-state index in [9.17, 15) is 4.79 Å². The van der Waals surface area contributed by atoms with Gasteiger partial charge in [0.05, 0.1) is 12.6 Å².